The Balaban J connectivity index is 1.69. The minimum atomic E-state index is -0.456. The number of aromatic nitrogens is 3. The standard InChI is InChI=1S/C19H20N4O4S2/c1-4-8-23-16(13-6-9-27-12(13)3)21-22-19(23)29-11-15(24)20-17-14(7-10-28-17)18(25)26-5-2/h4,6-7,9-10H,1,5,8,11H2,2-3H3,(H,20,24). The van der Waals surface area contributed by atoms with E-state index in [2.05, 4.69) is 22.1 Å². The van der Waals surface area contributed by atoms with Crippen LogP contribution in [0.1, 0.15) is 23.0 Å². The number of allylic oxidation sites excluding steroid dienone is 1. The predicted octanol–water partition coefficient (Wildman–Crippen LogP) is 4.00. The van der Waals surface area contributed by atoms with E-state index in [0.717, 1.165) is 11.3 Å². The molecule has 0 aliphatic carbocycles. The number of thioether (sulfide) groups is 1. The van der Waals surface area contributed by atoms with Crippen LogP contribution >= 0.6 is 23.1 Å². The minimum Gasteiger partial charge on any atom is -0.469 e. The summed E-state index contributed by atoms with van der Waals surface area (Å²) in [6.45, 7) is 8.13. The molecule has 0 fully saturated rings. The molecule has 3 aromatic rings. The fourth-order valence-corrected chi connectivity index (χ4v) is 4.11. The third-order valence-electron chi connectivity index (χ3n) is 3.87. The van der Waals surface area contributed by atoms with Crippen LogP contribution in [0.15, 0.2) is 46.0 Å². The van der Waals surface area contributed by atoms with Crippen molar-refractivity contribution < 1.29 is 18.7 Å². The fourth-order valence-electron chi connectivity index (χ4n) is 2.57. The lowest BCUT2D eigenvalue weighted by Gasteiger charge is -2.08. The van der Waals surface area contributed by atoms with Gasteiger partial charge in [-0.25, -0.2) is 4.79 Å². The number of hydrogen-bond acceptors (Lipinski definition) is 8. The number of nitrogens with zero attached hydrogens (tertiary/aromatic N) is 3. The number of rotatable bonds is 9. The highest BCUT2D eigenvalue weighted by molar-refractivity contribution is 7.99. The molecule has 1 N–H and O–H groups in total. The summed E-state index contributed by atoms with van der Waals surface area (Å²) in [5, 5.41) is 14.0. The van der Waals surface area contributed by atoms with Crippen molar-refractivity contribution in [2.45, 2.75) is 25.5 Å². The third kappa shape index (κ3) is 4.77. The molecule has 3 aromatic heterocycles. The van der Waals surface area contributed by atoms with Crippen LogP contribution in [0.5, 0.6) is 0 Å². The molecule has 1 amide bonds. The molecule has 29 heavy (non-hydrogen) atoms. The maximum Gasteiger partial charge on any atom is 0.341 e. The SMILES string of the molecule is C=CCn1c(SCC(=O)Nc2sccc2C(=O)OCC)nnc1-c1ccoc1C. The van der Waals surface area contributed by atoms with Crippen molar-refractivity contribution in [1.82, 2.24) is 14.8 Å². The number of ether oxygens (including phenoxy) is 1. The molecule has 0 atom stereocenters. The Bertz CT molecular complexity index is 1020. The monoisotopic (exact) mass is 432 g/mol. The Kier molecular flexibility index (Phi) is 6.89. The second kappa shape index (κ2) is 9.57. The number of furan rings is 1. The lowest BCUT2D eigenvalue weighted by Crippen LogP contribution is -2.16. The summed E-state index contributed by atoms with van der Waals surface area (Å²) in [5.74, 6) is 0.794. The molecular weight excluding hydrogens is 412 g/mol. The molecule has 3 heterocycles. The molecule has 0 spiro atoms. The first-order chi connectivity index (χ1) is 14.0. The lowest BCUT2D eigenvalue weighted by molar-refractivity contribution is -0.113. The number of aryl methyl sites for hydroxylation is 1. The highest BCUT2D eigenvalue weighted by Crippen LogP contribution is 2.28. The van der Waals surface area contributed by atoms with Gasteiger partial charge < -0.3 is 14.5 Å². The summed E-state index contributed by atoms with van der Waals surface area (Å²) in [5.41, 5.74) is 1.19. The van der Waals surface area contributed by atoms with E-state index in [1.807, 2.05) is 17.6 Å². The molecular formula is C19H20N4O4S2. The zero-order valence-electron chi connectivity index (χ0n) is 16.0. The van der Waals surface area contributed by atoms with Crippen molar-refractivity contribution in [2.24, 2.45) is 0 Å². The Labute approximate surface area is 176 Å². The maximum atomic E-state index is 12.4. The topological polar surface area (TPSA) is 99.2 Å². The average Bonchev–Trinajstić information content (AvgIpc) is 3.41. The molecule has 0 aromatic carbocycles. The average molecular weight is 433 g/mol. The number of esters is 1. The second-order valence-electron chi connectivity index (χ2n) is 5.82. The Morgan fingerprint density at radius 2 is 2.24 bits per heavy atom. The number of carbonyl (C=O) groups excluding carboxylic acids is 2. The van der Waals surface area contributed by atoms with Crippen molar-refractivity contribution in [2.75, 3.05) is 17.7 Å². The van der Waals surface area contributed by atoms with Crippen LogP contribution < -0.4 is 5.32 Å². The highest BCUT2D eigenvalue weighted by Gasteiger charge is 2.19. The zero-order chi connectivity index (χ0) is 20.8. The van der Waals surface area contributed by atoms with Gasteiger partial charge in [0.25, 0.3) is 0 Å². The molecule has 0 aliphatic heterocycles. The second-order valence-corrected chi connectivity index (χ2v) is 7.68. The van der Waals surface area contributed by atoms with Crippen molar-refractivity contribution in [3.05, 3.63) is 47.8 Å². The Morgan fingerprint density at radius 3 is 2.93 bits per heavy atom. The highest BCUT2D eigenvalue weighted by atomic mass is 32.2. The van der Waals surface area contributed by atoms with E-state index in [1.165, 1.54) is 23.1 Å². The lowest BCUT2D eigenvalue weighted by atomic mass is 10.2. The maximum absolute atomic E-state index is 12.4. The molecule has 0 bridgehead atoms. The van der Waals surface area contributed by atoms with Crippen LogP contribution in [-0.4, -0.2) is 39.0 Å². The number of amides is 1. The summed E-state index contributed by atoms with van der Waals surface area (Å²) < 4.78 is 12.2. The predicted molar refractivity (Wildman–Crippen MR) is 112 cm³/mol. The van der Waals surface area contributed by atoms with Gasteiger partial charge in [0.05, 0.1) is 29.7 Å². The van der Waals surface area contributed by atoms with Crippen LogP contribution in [0.2, 0.25) is 0 Å². The van der Waals surface area contributed by atoms with E-state index >= 15 is 0 Å². The van der Waals surface area contributed by atoms with E-state index in [1.54, 1.807) is 30.7 Å². The zero-order valence-corrected chi connectivity index (χ0v) is 17.6. The summed E-state index contributed by atoms with van der Waals surface area (Å²) in [6.07, 6.45) is 3.34. The number of nitrogens with one attached hydrogen (secondary N) is 1. The summed E-state index contributed by atoms with van der Waals surface area (Å²) in [7, 11) is 0. The van der Waals surface area contributed by atoms with Gasteiger partial charge in [-0.3, -0.25) is 9.36 Å². The van der Waals surface area contributed by atoms with Crippen molar-refractivity contribution in [3.63, 3.8) is 0 Å². The van der Waals surface area contributed by atoms with E-state index in [-0.39, 0.29) is 18.3 Å². The summed E-state index contributed by atoms with van der Waals surface area (Å²) in [6, 6.07) is 3.46. The van der Waals surface area contributed by atoms with Crippen LogP contribution in [0, 0.1) is 6.92 Å². The van der Waals surface area contributed by atoms with Gasteiger partial charge in [0.1, 0.15) is 10.8 Å². The molecule has 3 rings (SSSR count). The molecule has 0 radical (unpaired) electrons. The van der Waals surface area contributed by atoms with Gasteiger partial charge in [-0.15, -0.1) is 28.1 Å². The van der Waals surface area contributed by atoms with Gasteiger partial charge in [0.2, 0.25) is 5.91 Å². The fraction of sp³-hybridized carbons (Fsp3) is 0.263. The normalized spacial score (nSPS) is 10.7. The van der Waals surface area contributed by atoms with Crippen molar-refractivity contribution >= 4 is 40.0 Å². The van der Waals surface area contributed by atoms with E-state index in [4.69, 9.17) is 9.15 Å². The molecule has 0 unspecified atom stereocenters. The van der Waals surface area contributed by atoms with E-state index in [0.29, 0.717) is 28.1 Å². The summed E-state index contributed by atoms with van der Waals surface area (Å²) >= 11 is 2.52. The molecule has 8 nitrogen and oxygen atoms in total. The van der Waals surface area contributed by atoms with Gasteiger partial charge in [0.15, 0.2) is 11.0 Å². The Morgan fingerprint density at radius 1 is 1.41 bits per heavy atom. The van der Waals surface area contributed by atoms with E-state index < -0.39 is 5.97 Å². The number of thiophene rings is 1. The molecule has 152 valence electrons. The van der Waals surface area contributed by atoms with Crippen LogP contribution in [0.4, 0.5) is 5.00 Å². The van der Waals surface area contributed by atoms with Crippen LogP contribution in [0.3, 0.4) is 0 Å². The number of anilines is 1. The van der Waals surface area contributed by atoms with Crippen molar-refractivity contribution in [1.29, 1.82) is 0 Å². The van der Waals surface area contributed by atoms with Gasteiger partial charge in [0, 0.05) is 6.54 Å². The van der Waals surface area contributed by atoms with E-state index in [9.17, 15) is 9.59 Å². The molecule has 0 saturated heterocycles. The van der Waals surface area contributed by atoms with Gasteiger partial charge in [-0.05, 0) is 31.4 Å². The smallest absolute Gasteiger partial charge is 0.341 e. The van der Waals surface area contributed by atoms with Gasteiger partial charge in [-0.1, -0.05) is 17.8 Å². The van der Waals surface area contributed by atoms with Gasteiger partial charge in [-0.2, -0.15) is 0 Å². The third-order valence-corrected chi connectivity index (χ3v) is 5.67. The first kappa shape index (κ1) is 20.9. The number of hydrogen-bond donors (Lipinski definition) is 1. The Hall–Kier alpha value is -2.85. The van der Waals surface area contributed by atoms with Crippen LogP contribution in [0.25, 0.3) is 11.4 Å². The molecule has 0 aliphatic rings. The number of carbonyl (C=O) groups is 2. The summed E-state index contributed by atoms with van der Waals surface area (Å²) in [4.78, 5) is 24.3. The first-order valence-corrected chi connectivity index (χ1v) is 10.7. The van der Waals surface area contributed by atoms with Crippen molar-refractivity contribution in [3.8, 4) is 11.4 Å². The molecule has 0 saturated carbocycles. The minimum absolute atomic E-state index is 0.111. The first-order valence-electron chi connectivity index (χ1n) is 8.81. The van der Waals surface area contributed by atoms with Crippen LogP contribution in [-0.2, 0) is 16.1 Å². The van der Waals surface area contributed by atoms with Gasteiger partial charge >= 0.3 is 5.97 Å². The quantitative estimate of drug-likeness (QED) is 0.310. The largest absolute Gasteiger partial charge is 0.469 e. The molecule has 10 heteroatoms.